The fraction of sp³-hybridized carbons (Fsp3) is 0.133. The Bertz CT molecular complexity index is 797. The van der Waals surface area contributed by atoms with E-state index in [0.717, 1.165) is 6.26 Å². The van der Waals surface area contributed by atoms with Gasteiger partial charge >= 0.3 is 5.97 Å². The topological polar surface area (TPSA) is 71.4 Å². The molecule has 110 valence electrons. The standard InChI is InChI=1S/C15H13ClO4S/c1-21(19,20)14-5-3-2-4-12(14)10-6-7-13(16)11(8-10)9-15(17)18/h2-8H,9H2,1H3,(H,17,18). The molecule has 0 saturated carbocycles. The van der Waals surface area contributed by atoms with Gasteiger partial charge in [-0.15, -0.1) is 0 Å². The van der Waals surface area contributed by atoms with Crippen LogP contribution in [0.15, 0.2) is 47.4 Å². The molecule has 0 bridgehead atoms. The van der Waals surface area contributed by atoms with Crippen molar-refractivity contribution in [1.82, 2.24) is 0 Å². The van der Waals surface area contributed by atoms with E-state index in [0.29, 0.717) is 21.7 Å². The van der Waals surface area contributed by atoms with Crippen LogP contribution in [0.5, 0.6) is 0 Å². The first-order chi connectivity index (χ1) is 9.79. The molecule has 0 unspecified atom stereocenters. The Morgan fingerprint density at radius 1 is 1.19 bits per heavy atom. The van der Waals surface area contributed by atoms with E-state index in [1.165, 1.54) is 6.07 Å². The number of halogens is 1. The fourth-order valence-corrected chi connectivity index (χ4v) is 3.16. The minimum Gasteiger partial charge on any atom is -0.481 e. The second-order valence-corrected chi connectivity index (χ2v) is 7.04. The maximum absolute atomic E-state index is 11.8. The van der Waals surface area contributed by atoms with Gasteiger partial charge in [0, 0.05) is 16.8 Å². The summed E-state index contributed by atoms with van der Waals surface area (Å²) in [6.07, 6.45) is 0.924. The van der Waals surface area contributed by atoms with Gasteiger partial charge in [0.1, 0.15) is 0 Å². The minimum absolute atomic E-state index is 0.202. The fourth-order valence-electron chi connectivity index (χ4n) is 2.07. The number of aliphatic carboxylic acids is 1. The van der Waals surface area contributed by atoms with E-state index in [4.69, 9.17) is 16.7 Å². The molecule has 1 N–H and O–H groups in total. The number of hydrogen-bond donors (Lipinski definition) is 1. The number of rotatable bonds is 4. The van der Waals surface area contributed by atoms with Crippen LogP contribution in [0.3, 0.4) is 0 Å². The molecule has 0 aliphatic carbocycles. The molecule has 0 aliphatic heterocycles. The molecule has 0 aliphatic rings. The molecule has 0 fully saturated rings. The summed E-state index contributed by atoms with van der Waals surface area (Å²) in [4.78, 5) is 11.0. The van der Waals surface area contributed by atoms with Crippen LogP contribution in [0.25, 0.3) is 11.1 Å². The van der Waals surface area contributed by atoms with Crippen molar-refractivity contribution in [3.63, 3.8) is 0 Å². The summed E-state index contributed by atoms with van der Waals surface area (Å²) in [6.45, 7) is 0. The third-order valence-corrected chi connectivity index (χ3v) is 4.51. The van der Waals surface area contributed by atoms with Crippen LogP contribution in [-0.2, 0) is 21.1 Å². The van der Waals surface area contributed by atoms with E-state index in [1.807, 2.05) is 0 Å². The molecule has 21 heavy (non-hydrogen) atoms. The van der Waals surface area contributed by atoms with Crippen LogP contribution < -0.4 is 0 Å². The molecule has 0 heterocycles. The Morgan fingerprint density at radius 3 is 2.48 bits per heavy atom. The monoisotopic (exact) mass is 324 g/mol. The molecule has 0 amide bonds. The lowest BCUT2D eigenvalue weighted by Gasteiger charge is -2.10. The van der Waals surface area contributed by atoms with E-state index >= 15 is 0 Å². The van der Waals surface area contributed by atoms with E-state index < -0.39 is 15.8 Å². The average Bonchev–Trinajstić information content (AvgIpc) is 2.40. The first-order valence-corrected chi connectivity index (χ1v) is 8.35. The van der Waals surface area contributed by atoms with Gasteiger partial charge in [-0.2, -0.15) is 0 Å². The Hall–Kier alpha value is -1.85. The van der Waals surface area contributed by atoms with Gasteiger partial charge in [-0.05, 0) is 29.3 Å². The van der Waals surface area contributed by atoms with Crippen LogP contribution >= 0.6 is 11.6 Å². The van der Waals surface area contributed by atoms with Crippen LogP contribution in [0.4, 0.5) is 0 Å². The first kappa shape index (κ1) is 15.5. The van der Waals surface area contributed by atoms with E-state index in [1.54, 1.807) is 36.4 Å². The van der Waals surface area contributed by atoms with Gasteiger partial charge in [-0.1, -0.05) is 35.9 Å². The lowest BCUT2D eigenvalue weighted by Crippen LogP contribution is -2.02. The summed E-state index contributed by atoms with van der Waals surface area (Å²) in [6, 6.07) is 11.5. The average molecular weight is 325 g/mol. The Morgan fingerprint density at radius 2 is 1.86 bits per heavy atom. The molecule has 0 atom stereocenters. The quantitative estimate of drug-likeness (QED) is 0.938. The highest BCUT2D eigenvalue weighted by Crippen LogP contribution is 2.30. The Labute approximate surface area is 127 Å². The summed E-state index contributed by atoms with van der Waals surface area (Å²) in [5, 5.41) is 9.23. The van der Waals surface area contributed by atoms with Crippen molar-refractivity contribution in [3.8, 4) is 11.1 Å². The number of hydrogen-bond acceptors (Lipinski definition) is 3. The second-order valence-electron chi connectivity index (χ2n) is 4.65. The zero-order valence-corrected chi connectivity index (χ0v) is 12.8. The van der Waals surface area contributed by atoms with Crippen molar-refractivity contribution in [1.29, 1.82) is 0 Å². The van der Waals surface area contributed by atoms with E-state index in [-0.39, 0.29) is 11.3 Å². The van der Waals surface area contributed by atoms with Gasteiger partial charge in [0.05, 0.1) is 11.3 Å². The number of carboxylic acid groups (broad SMARTS) is 1. The van der Waals surface area contributed by atoms with E-state index in [2.05, 4.69) is 0 Å². The number of carboxylic acids is 1. The number of sulfone groups is 1. The Kier molecular flexibility index (Phi) is 4.34. The maximum atomic E-state index is 11.8. The summed E-state index contributed by atoms with van der Waals surface area (Å²) in [5.41, 5.74) is 1.60. The summed E-state index contributed by atoms with van der Waals surface area (Å²) in [7, 11) is -3.38. The molecule has 4 nitrogen and oxygen atoms in total. The van der Waals surface area contributed by atoms with Crippen LogP contribution in [0.2, 0.25) is 5.02 Å². The van der Waals surface area contributed by atoms with E-state index in [9.17, 15) is 13.2 Å². The SMILES string of the molecule is CS(=O)(=O)c1ccccc1-c1ccc(Cl)c(CC(=O)O)c1. The van der Waals surface area contributed by atoms with Gasteiger partial charge in [0.2, 0.25) is 0 Å². The predicted octanol–water partition coefficient (Wildman–Crippen LogP) is 3.04. The molecular weight excluding hydrogens is 312 g/mol. The largest absolute Gasteiger partial charge is 0.481 e. The zero-order chi connectivity index (χ0) is 15.6. The third kappa shape index (κ3) is 3.62. The molecular formula is C15H13ClO4S. The summed E-state index contributed by atoms with van der Waals surface area (Å²) >= 11 is 5.98. The van der Waals surface area contributed by atoms with Crippen LogP contribution in [-0.4, -0.2) is 25.7 Å². The van der Waals surface area contributed by atoms with Crippen LogP contribution in [0, 0.1) is 0 Å². The van der Waals surface area contributed by atoms with Crippen molar-refractivity contribution in [2.45, 2.75) is 11.3 Å². The number of benzene rings is 2. The molecule has 2 aromatic carbocycles. The Balaban J connectivity index is 2.61. The van der Waals surface area contributed by atoms with Crippen molar-refractivity contribution in [2.75, 3.05) is 6.26 Å². The third-order valence-electron chi connectivity index (χ3n) is 2.98. The van der Waals surface area contributed by atoms with Gasteiger partial charge in [0.25, 0.3) is 0 Å². The second kappa shape index (κ2) is 5.87. The summed E-state index contributed by atoms with van der Waals surface area (Å²) in [5.74, 6) is -0.995. The predicted molar refractivity (Wildman–Crippen MR) is 81.3 cm³/mol. The van der Waals surface area contributed by atoms with Gasteiger partial charge in [-0.25, -0.2) is 8.42 Å². The molecule has 0 saturated heterocycles. The molecule has 2 rings (SSSR count). The first-order valence-electron chi connectivity index (χ1n) is 6.08. The summed E-state index contributed by atoms with van der Waals surface area (Å²) < 4.78 is 23.7. The highest BCUT2D eigenvalue weighted by molar-refractivity contribution is 7.90. The molecule has 2 aromatic rings. The normalized spacial score (nSPS) is 11.3. The lowest BCUT2D eigenvalue weighted by atomic mass is 10.0. The van der Waals surface area contributed by atoms with Crippen molar-refractivity contribution < 1.29 is 18.3 Å². The molecule has 0 aromatic heterocycles. The highest BCUT2D eigenvalue weighted by atomic mass is 35.5. The van der Waals surface area contributed by atoms with Crippen molar-refractivity contribution >= 4 is 27.4 Å². The lowest BCUT2D eigenvalue weighted by molar-refractivity contribution is -0.136. The zero-order valence-electron chi connectivity index (χ0n) is 11.2. The minimum atomic E-state index is -3.38. The van der Waals surface area contributed by atoms with Gasteiger partial charge < -0.3 is 5.11 Å². The maximum Gasteiger partial charge on any atom is 0.307 e. The molecule has 0 spiro atoms. The van der Waals surface area contributed by atoms with Crippen molar-refractivity contribution in [2.24, 2.45) is 0 Å². The van der Waals surface area contributed by atoms with Gasteiger partial charge in [-0.3, -0.25) is 4.79 Å². The highest BCUT2D eigenvalue weighted by Gasteiger charge is 2.15. The molecule has 6 heteroatoms. The van der Waals surface area contributed by atoms with Gasteiger partial charge in [0.15, 0.2) is 9.84 Å². The smallest absolute Gasteiger partial charge is 0.307 e. The van der Waals surface area contributed by atoms with Crippen LogP contribution in [0.1, 0.15) is 5.56 Å². The van der Waals surface area contributed by atoms with Crippen molar-refractivity contribution in [3.05, 3.63) is 53.1 Å². The molecule has 0 radical (unpaired) electrons. The number of carbonyl (C=O) groups is 1.